The zero-order valence-corrected chi connectivity index (χ0v) is 23.7. The van der Waals surface area contributed by atoms with Crippen molar-refractivity contribution in [3.8, 4) is 11.3 Å². The topological polar surface area (TPSA) is 69.0 Å². The SMILES string of the molecule is C[C@@H]1CCCCCN1C(=O)c1cc(C2CCC2)n2nc(-c3ccc(B4OC(C)(C)C(C)(C)O4)cc3F)cc2n1. The van der Waals surface area contributed by atoms with E-state index in [0.29, 0.717) is 34.0 Å². The second-order valence-corrected chi connectivity index (χ2v) is 12.5. The Morgan fingerprint density at radius 2 is 1.74 bits per heavy atom. The van der Waals surface area contributed by atoms with Gasteiger partial charge in [-0.25, -0.2) is 13.9 Å². The molecule has 1 aromatic carbocycles. The van der Waals surface area contributed by atoms with E-state index >= 15 is 4.39 Å². The molecule has 39 heavy (non-hydrogen) atoms. The molecule has 3 aromatic rings. The van der Waals surface area contributed by atoms with Crippen LogP contribution in [0.15, 0.2) is 30.3 Å². The summed E-state index contributed by atoms with van der Waals surface area (Å²) in [5.74, 6) is -0.0920. The predicted octanol–water partition coefficient (Wildman–Crippen LogP) is 5.51. The van der Waals surface area contributed by atoms with E-state index in [1.165, 1.54) is 6.07 Å². The molecule has 0 unspecified atom stereocenters. The van der Waals surface area contributed by atoms with Crippen LogP contribution in [-0.2, 0) is 9.31 Å². The van der Waals surface area contributed by atoms with Gasteiger partial charge in [0.05, 0.1) is 16.9 Å². The van der Waals surface area contributed by atoms with Gasteiger partial charge in [-0.15, -0.1) is 0 Å². The smallest absolute Gasteiger partial charge is 0.399 e. The van der Waals surface area contributed by atoms with Gasteiger partial charge in [-0.05, 0) is 77.9 Å². The number of rotatable bonds is 4. The van der Waals surface area contributed by atoms with E-state index in [1.54, 1.807) is 12.1 Å². The monoisotopic (exact) mass is 532 g/mol. The Morgan fingerprint density at radius 3 is 2.41 bits per heavy atom. The van der Waals surface area contributed by atoms with Crippen molar-refractivity contribution in [2.24, 2.45) is 0 Å². The maximum atomic E-state index is 15.5. The van der Waals surface area contributed by atoms with Crippen molar-refractivity contribution in [2.75, 3.05) is 6.54 Å². The minimum Gasteiger partial charge on any atom is -0.399 e. The zero-order valence-electron chi connectivity index (χ0n) is 23.7. The molecule has 2 saturated heterocycles. The standard InChI is InChI=1S/C30H38BFN4O3/c1-19-10-7-6-8-15-35(19)28(37)25-17-26(20-11-9-12-20)36-27(33-25)18-24(34-36)22-14-13-21(16-23(22)32)31-38-29(2,3)30(4,5)39-31/h13-14,16-20H,6-12,15H2,1-5H3/t19-/m1/s1. The van der Waals surface area contributed by atoms with Crippen molar-refractivity contribution < 1.29 is 18.5 Å². The fraction of sp³-hybridized carbons (Fsp3) is 0.567. The number of hydrogen-bond donors (Lipinski definition) is 0. The number of hydrogen-bond acceptors (Lipinski definition) is 5. The van der Waals surface area contributed by atoms with E-state index in [2.05, 4.69) is 6.92 Å². The molecule has 1 saturated carbocycles. The van der Waals surface area contributed by atoms with Gasteiger partial charge in [-0.2, -0.15) is 5.10 Å². The van der Waals surface area contributed by atoms with Crippen LogP contribution in [-0.4, -0.2) is 56.3 Å². The minimum absolute atomic E-state index is 0.0202. The van der Waals surface area contributed by atoms with E-state index in [0.717, 1.165) is 57.2 Å². The van der Waals surface area contributed by atoms with Gasteiger partial charge in [0.15, 0.2) is 5.65 Å². The Balaban J connectivity index is 1.35. The van der Waals surface area contributed by atoms with Crippen LogP contribution >= 0.6 is 0 Å². The van der Waals surface area contributed by atoms with Crippen LogP contribution < -0.4 is 5.46 Å². The number of fused-ring (bicyclic) bond motifs is 1. The van der Waals surface area contributed by atoms with E-state index < -0.39 is 24.1 Å². The number of likely N-dealkylation sites (tertiary alicyclic amines) is 1. The lowest BCUT2D eigenvalue weighted by molar-refractivity contribution is 0.00578. The van der Waals surface area contributed by atoms with Gasteiger partial charge >= 0.3 is 7.12 Å². The number of carbonyl (C=O) groups excluding carboxylic acids is 1. The molecule has 1 aliphatic carbocycles. The molecule has 6 rings (SSSR count). The van der Waals surface area contributed by atoms with E-state index in [1.807, 2.05) is 49.2 Å². The first kappa shape index (κ1) is 26.4. The first-order chi connectivity index (χ1) is 18.5. The highest BCUT2D eigenvalue weighted by molar-refractivity contribution is 6.62. The van der Waals surface area contributed by atoms with Crippen LogP contribution in [0.4, 0.5) is 4.39 Å². The van der Waals surface area contributed by atoms with Gasteiger partial charge in [-0.1, -0.05) is 31.4 Å². The molecule has 9 heteroatoms. The van der Waals surface area contributed by atoms with Crippen molar-refractivity contribution in [2.45, 2.75) is 103 Å². The number of halogens is 1. The number of amides is 1. The molecule has 4 heterocycles. The summed E-state index contributed by atoms with van der Waals surface area (Å²) in [7, 11) is -0.638. The van der Waals surface area contributed by atoms with E-state index in [4.69, 9.17) is 19.4 Å². The molecular formula is C30H38BFN4O3. The molecule has 3 fully saturated rings. The van der Waals surface area contributed by atoms with Crippen molar-refractivity contribution in [3.05, 3.63) is 47.5 Å². The molecule has 206 valence electrons. The van der Waals surface area contributed by atoms with Crippen LogP contribution in [0.5, 0.6) is 0 Å². The maximum Gasteiger partial charge on any atom is 0.494 e. The molecular weight excluding hydrogens is 494 g/mol. The highest BCUT2D eigenvalue weighted by atomic mass is 19.1. The lowest BCUT2D eigenvalue weighted by Crippen LogP contribution is -2.41. The normalized spacial score (nSPS) is 23.2. The van der Waals surface area contributed by atoms with Crippen molar-refractivity contribution in [1.82, 2.24) is 19.5 Å². The second kappa shape index (κ2) is 9.70. The van der Waals surface area contributed by atoms with Crippen molar-refractivity contribution >= 4 is 24.1 Å². The molecule has 3 aliphatic rings. The van der Waals surface area contributed by atoms with E-state index in [9.17, 15) is 4.79 Å². The molecule has 0 radical (unpaired) electrons. The summed E-state index contributed by atoms with van der Waals surface area (Å²) in [6, 6.07) is 8.94. The minimum atomic E-state index is -0.638. The first-order valence-corrected chi connectivity index (χ1v) is 14.4. The van der Waals surface area contributed by atoms with Gasteiger partial charge in [-0.3, -0.25) is 4.79 Å². The lowest BCUT2D eigenvalue weighted by Gasteiger charge is -2.32. The van der Waals surface area contributed by atoms with Gasteiger partial charge in [0, 0.05) is 35.8 Å². The third-order valence-electron chi connectivity index (χ3n) is 9.31. The molecule has 7 nitrogen and oxygen atoms in total. The van der Waals surface area contributed by atoms with Crippen molar-refractivity contribution in [3.63, 3.8) is 0 Å². The summed E-state index contributed by atoms with van der Waals surface area (Å²) < 4.78 is 29.6. The average molecular weight is 532 g/mol. The molecule has 0 N–H and O–H groups in total. The summed E-state index contributed by atoms with van der Waals surface area (Å²) in [6.45, 7) is 10.8. The second-order valence-electron chi connectivity index (χ2n) is 12.5. The Morgan fingerprint density at radius 1 is 1.00 bits per heavy atom. The van der Waals surface area contributed by atoms with Gasteiger partial charge in [0.2, 0.25) is 0 Å². The average Bonchev–Trinajstić information content (AvgIpc) is 3.27. The number of nitrogens with zero attached hydrogens (tertiary/aromatic N) is 4. The van der Waals surface area contributed by atoms with Crippen LogP contribution in [0, 0.1) is 5.82 Å². The van der Waals surface area contributed by atoms with Crippen molar-refractivity contribution in [1.29, 1.82) is 0 Å². The van der Waals surface area contributed by atoms with Crippen LogP contribution in [0.2, 0.25) is 0 Å². The molecule has 0 bridgehead atoms. The zero-order chi connectivity index (χ0) is 27.5. The summed E-state index contributed by atoms with van der Waals surface area (Å²) >= 11 is 0. The van der Waals surface area contributed by atoms with Gasteiger partial charge in [0.1, 0.15) is 11.5 Å². The number of carbonyl (C=O) groups is 1. The number of aromatic nitrogens is 3. The highest BCUT2D eigenvalue weighted by Gasteiger charge is 2.51. The molecule has 0 spiro atoms. The Bertz CT molecular complexity index is 1400. The number of benzene rings is 1. The van der Waals surface area contributed by atoms with Crippen LogP contribution in [0.3, 0.4) is 0 Å². The highest BCUT2D eigenvalue weighted by Crippen LogP contribution is 2.38. The molecule has 2 aliphatic heterocycles. The summed E-state index contributed by atoms with van der Waals surface area (Å²) in [5.41, 5.74) is 2.53. The third-order valence-corrected chi connectivity index (χ3v) is 9.31. The van der Waals surface area contributed by atoms with Crippen LogP contribution in [0.1, 0.15) is 102 Å². The summed E-state index contributed by atoms with van der Waals surface area (Å²) in [5, 5.41) is 4.79. The fourth-order valence-corrected chi connectivity index (χ4v) is 5.82. The van der Waals surface area contributed by atoms with E-state index in [-0.39, 0.29) is 11.9 Å². The predicted molar refractivity (Wildman–Crippen MR) is 150 cm³/mol. The Kier molecular flexibility index (Phi) is 6.58. The third kappa shape index (κ3) is 4.67. The van der Waals surface area contributed by atoms with Crippen LogP contribution in [0.25, 0.3) is 16.9 Å². The first-order valence-electron chi connectivity index (χ1n) is 14.4. The van der Waals surface area contributed by atoms with Gasteiger partial charge in [0.25, 0.3) is 5.91 Å². The molecule has 2 aromatic heterocycles. The molecule has 1 atom stereocenters. The summed E-state index contributed by atoms with van der Waals surface area (Å²) in [6.07, 6.45) is 7.60. The molecule has 1 amide bonds. The lowest BCUT2D eigenvalue weighted by atomic mass is 9.78. The Hall–Kier alpha value is -2.78. The quantitative estimate of drug-likeness (QED) is 0.415. The summed E-state index contributed by atoms with van der Waals surface area (Å²) in [4.78, 5) is 20.3. The largest absolute Gasteiger partial charge is 0.494 e. The fourth-order valence-electron chi connectivity index (χ4n) is 5.82. The Labute approximate surface area is 230 Å². The van der Waals surface area contributed by atoms with Gasteiger partial charge < -0.3 is 14.2 Å². The maximum absolute atomic E-state index is 15.5.